The SMILES string of the molecule is CN1C(=O)Cc2cc(C(Cl)Cc3ccc(F)cc3)ccc21. The summed E-state index contributed by atoms with van der Waals surface area (Å²) in [6.45, 7) is 0. The first-order chi connectivity index (χ1) is 10.0. The molecule has 2 aromatic rings. The molecule has 0 saturated heterocycles. The summed E-state index contributed by atoms with van der Waals surface area (Å²) < 4.78 is 12.9. The molecule has 0 spiro atoms. The predicted octanol–water partition coefficient (Wildman–Crippen LogP) is 3.87. The van der Waals surface area contributed by atoms with Crippen LogP contribution in [-0.4, -0.2) is 13.0 Å². The Morgan fingerprint density at radius 3 is 2.67 bits per heavy atom. The third-order valence-corrected chi connectivity index (χ3v) is 4.28. The van der Waals surface area contributed by atoms with E-state index in [-0.39, 0.29) is 17.1 Å². The van der Waals surface area contributed by atoms with Crippen molar-refractivity contribution in [3.63, 3.8) is 0 Å². The maximum absolute atomic E-state index is 12.9. The van der Waals surface area contributed by atoms with Crippen LogP contribution >= 0.6 is 11.6 Å². The highest BCUT2D eigenvalue weighted by Crippen LogP contribution is 2.33. The lowest BCUT2D eigenvalue weighted by molar-refractivity contribution is -0.117. The van der Waals surface area contributed by atoms with Gasteiger partial charge in [-0.1, -0.05) is 24.3 Å². The highest BCUT2D eigenvalue weighted by molar-refractivity contribution is 6.21. The largest absolute Gasteiger partial charge is 0.315 e. The minimum atomic E-state index is -0.246. The van der Waals surface area contributed by atoms with Crippen LogP contribution in [0.2, 0.25) is 0 Å². The summed E-state index contributed by atoms with van der Waals surface area (Å²) in [5, 5.41) is -0.193. The van der Waals surface area contributed by atoms with Crippen LogP contribution < -0.4 is 4.90 Å². The second kappa shape index (κ2) is 5.49. The average Bonchev–Trinajstić information content (AvgIpc) is 2.76. The summed E-state index contributed by atoms with van der Waals surface area (Å²) in [7, 11) is 1.78. The van der Waals surface area contributed by atoms with Gasteiger partial charge in [0.25, 0.3) is 0 Å². The number of fused-ring (bicyclic) bond motifs is 1. The summed E-state index contributed by atoms with van der Waals surface area (Å²) in [4.78, 5) is 13.4. The van der Waals surface area contributed by atoms with E-state index in [1.807, 2.05) is 18.2 Å². The topological polar surface area (TPSA) is 20.3 Å². The van der Waals surface area contributed by atoms with E-state index in [0.717, 1.165) is 22.4 Å². The molecule has 0 fully saturated rings. The first kappa shape index (κ1) is 14.1. The standard InChI is InChI=1S/C17H15ClFNO/c1-20-16-7-4-12(9-13(16)10-17(20)21)15(18)8-11-2-5-14(19)6-3-11/h2-7,9,15H,8,10H2,1H3. The molecule has 1 atom stereocenters. The van der Waals surface area contributed by atoms with E-state index < -0.39 is 0 Å². The smallest absolute Gasteiger partial charge is 0.231 e. The summed E-state index contributed by atoms with van der Waals surface area (Å²) in [6, 6.07) is 12.3. The summed E-state index contributed by atoms with van der Waals surface area (Å²) in [5.41, 5.74) is 3.95. The van der Waals surface area contributed by atoms with E-state index in [1.54, 1.807) is 24.1 Å². The Labute approximate surface area is 128 Å². The predicted molar refractivity (Wildman–Crippen MR) is 82.3 cm³/mol. The van der Waals surface area contributed by atoms with Crippen LogP contribution in [0.5, 0.6) is 0 Å². The van der Waals surface area contributed by atoms with Crippen molar-refractivity contribution in [1.82, 2.24) is 0 Å². The van der Waals surface area contributed by atoms with E-state index in [2.05, 4.69) is 0 Å². The van der Waals surface area contributed by atoms with Crippen molar-refractivity contribution in [3.05, 3.63) is 65.0 Å². The quantitative estimate of drug-likeness (QED) is 0.788. The molecule has 2 aromatic carbocycles. The van der Waals surface area contributed by atoms with Gasteiger partial charge < -0.3 is 4.90 Å². The number of alkyl halides is 1. The molecule has 21 heavy (non-hydrogen) atoms. The lowest BCUT2D eigenvalue weighted by Gasteiger charge is -2.13. The molecule has 4 heteroatoms. The Kier molecular flexibility index (Phi) is 3.68. The molecule has 0 radical (unpaired) electrons. The zero-order valence-corrected chi connectivity index (χ0v) is 12.4. The molecule has 0 bridgehead atoms. The molecule has 1 unspecified atom stereocenters. The maximum atomic E-state index is 12.9. The fraction of sp³-hybridized carbons (Fsp3) is 0.235. The highest BCUT2D eigenvalue weighted by atomic mass is 35.5. The van der Waals surface area contributed by atoms with Gasteiger partial charge in [-0.05, 0) is 41.3 Å². The lowest BCUT2D eigenvalue weighted by Crippen LogP contribution is -2.20. The molecule has 1 aliphatic heterocycles. The van der Waals surface area contributed by atoms with Crippen LogP contribution in [-0.2, 0) is 17.6 Å². The van der Waals surface area contributed by atoms with Gasteiger partial charge in [-0.25, -0.2) is 4.39 Å². The minimum absolute atomic E-state index is 0.104. The van der Waals surface area contributed by atoms with E-state index in [4.69, 9.17) is 11.6 Å². The fourth-order valence-electron chi connectivity index (χ4n) is 2.63. The number of benzene rings is 2. The summed E-state index contributed by atoms with van der Waals surface area (Å²) >= 11 is 6.46. The summed E-state index contributed by atoms with van der Waals surface area (Å²) in [6.07, 6.45) is 1.06. The van der Waals surface area contributed by atoms with Gasteiger partial charge in [0.05, 0.1) is 11.8 Å². The van der Waals surface area contributed by atoms with Crippen molar-refractivity contribution in [1.29, 1.82) is 0 Å². The molecule has 3 rings (SSSR count). The molecule has 1 amide bonds. The Hall–Kier alpha value is -1.87. The van der Waals surface area contributed by atoms with Crippen molar-refractivity contribution < 1.29 is 9.18 Å². The molecule has 0 saturated carbocycles. The average molecular weight is 304 g/mol. The molecular formula is C17H15ClFNO. The zero-order chi connectivity index (χ0) is 15.0. The second-order valence-corrected chi connectivity index (χ2v) is 5.84. The van der Waals surface area contributed by atoms with Gasteiger partial charge in [-0.3, -0.25) is 4.79 Å². The minimum Gasteiger partial charge on any atom is -0.315 e. The Morgan fingerprint density at radius 2 is 1.95 bits per heavy atom. The van der Waals surface area contributed by atoms with E-state index in [9.17, 15) is 9.18 Å². The molecule has 2 nitrogen and oxygen atoms in total. The maximum Gasteiger partial charge on any atom is 0.231 e. The van der Waals surface area contributed by atoms with Crippen LogP contribution in [0.4, 0.5) is 10.1 Å². The monoisotopic (exact) mass is 303 g/mol. The number of rotatable bonds is 3. The second-order valence-electron chi connectivity index (χ2n) is 5.32. The van der Waals surface area contributed by atoms with Crippen molar-refractivity contribution in [2.45, 2.75) is 18.2 Å². The fourth-order valence-corrected chi connectivity index (χ4v) is 2.94. The first-order valence-corrected chi connectivity index (χ1v) is 7.26. The molecule has 1 aliphatic rings. The van der Waals surface area contributed by atoms with Crippen LogP contribution in [0.1, 0.15) is 22.1 Å². The van der Waals surface area contributed by atoms with Gasteiger partial charge in [-0.15, -0.1) is 11.6 Å². The van der Waals surface area contributed by atoms with Gasteiger partial charge in [0, 0.05) is 12.7 Å². The Bertz CT molecular complexity index is 684. The van der Waals surface area contributed by atoms with Crippen molar-refractivity contribution in [2.24, 2.45) is 0 Å². The van der Waals surface area contributed by atoms with Crippen molar-refractivity contribution in [2.75, 3.05) is 11.9 Å². The molecular weight excluding hydrogens is 289 g/mol. The molecule has 0 aliphatic carbocycles. The lowest BCUT2D eigenvalue weighted by atomic mass is 10.0. The van der Waals surface area contributed by atoms with Crippen LogP contribution in [0, 0.1) is 5.82 Å². The number of hydrogen-bond donors (Lipinski definition) is 0. The van der Waals surface area contributed by atoms with Gasteiger partial charge in [0.2, 0.25) is 5.91 Å². The van der Waals surface area contributed by atoms with Crippen molar-refractivity contribution >= 4 is 23.2 Å². The van der Waals surface area contributed by atoms with Gasteiger partial charge in [-0.2, -0.15) is 0 Å². The Balaban J connectivity index is 1.80. The third kappa shape index (κ3) is 2.79. The molecule has 0 aromatic heterocycles. The zero-order valence-electron chi connectivity index (χ0n) is 11.6. The number of hydrogen-bond acceptors (Lipinski definition) is 1. The number of carbonyl (C=O) groups excluding carboxylic acids is 1. The van der Waals surface area contributed by atoms with Crippen molar-refractivity contribution in [3.8, 4) is 0 Å². The van der Waals surface area contributed by atoms with Crippen LogP contribution in [0.15, 0.2) is 42.5 Å². The Morgan fingerprint density at radius 1 is 1.24 bits per heavy atom. The molecule has 0 N–H and O–H groups in total. The first-order valence-electron chi connectivity index (χ1n) is 6.82. The number of anilines is 1. The van der Waals surface area contributed by atoms with E-state index >= 15 is 0 Å². The third-order valence-electron chi connectivity index (χ3n) is 3.87. The van der Waals surface area contributed by atoms with E-state index in [1.165, 1.54) is 12.1 Å². The normalized spacial score (nSPS) is 15.2. The number of likely N-dealkylation sites (N-methyl/N-ethyl adjacent to an activating group) is 1. The highest BCUT2D eigenvalue weighted by Gasteiger charge is 2.24. The number of amides is 1. The number of halogens is 2. The van der Waals surface area contributed by atoms with Crippen LogP contribution in [0.3, 0.4) is 0 Å². The van der Waals surface area contributed by atoms with Gasteiger partial charge >= 0.3 is 0 Å². The van der Waals surface area contributed by atoms with Crippen LogP contribution in [0.25, 0.3) is 0 Å². The number of carbonyl (C=O) groups is 1. The number of nitrogens with zero attached hydrogens (tertiary/aromatic N) is 1. The summed E-state index contributed by atoms with van der Waals surface area (Å²) in [5.74, 6) is -0.143. The molecule has 108 valence electrons. The molecule has 1 heterocycles. The van der Waals surface area contributed by atoms with Gasteiger partial charge in [0.15, 0.2) is 0 Å². The van der Waals surface area contributed by atoms with Gasteiger partial charge in [0.1, 0.15) is 5.82 Å². The van der Waals surface area contributed by atoms with E-state index in [0.29, 0.717) is 12.8 Å².